The number of sulfonamides is 1. The molecule has 1 atom stereocenters. The van der Waals surface area contributed by atoms with E-state index in [-0.39, 0.29) is 15.5 Å². The first-order chi connectivity index (χ1) is 7.84. The van der Waals surface area contributed by atoms with Gasteiger partial charge in [0.2, 0.25) is 10.0 Å². The summed E-state index contributed by atoms with van der Waals surface area (Å²) in [6, 6.07) is 3.28. The third-order valence-electron chi connectivity index (χ3n) is 1.87. The fraction of sp³-hybridized carbons (Fsp3) is 0.333. The van der Waals surface area contributed by atoms with E-state index in [2.05, 4.69) is 0 Å². The van der Waals surface area contributed by atoms with Crippen LogP contribution in [0.4, 0.5) is 4.39 Å². The summed E-state index contributed by atoms with van der Waals surface area (Å²) in [5.41, 5.74) is 0. The second-order valence-electron chi connectivity index (χ2n) is 3.28. The highest BCUT2D eigenvalue weighted by Gasteiger charge is 2.12. The molecule has 0 radical (unpaired) electrons. The van der Waals surface area contributed by atoms with Crippen LogP contribution in [0.25, 0.3) is 0 Å². The molecule has 0 saturated carbocycles. The fourth-order valence-electron chi connectivity index (χ4n) is 1.01. The maximum Gasteiger partial charge on any atom is 0.238 e. The fourth-order valence-corrected chi connectivity index (χ4v) is 2.38. The van der Waals surface area contributed by atoms with Crippen LogP contribution >= 0.6 is 11.8 Å². The maximum atomic E-state index is 13.4. The van der Waals surface area contributed by atoms with E-state index in [1.54, 1.807) is 0 Å². The zero-order chi connectivity index (χ0) is 13.1. The SMILES string of the molecule is NS(=O)(=O)c1ccc(SCC(O)CO)c(F)c1. The van der Waals surface area contributed by atoms with Gasteiger partial charge in [-0.25, -0.2) is 17.9 Å². The van der Waals surface area contributed by atoms with Gasteiger partial charge in [0.25, 0.3) is 0 Å². The third-order valence-corrected chi connectivity index (χ3v) is 3.98. The molecular formula is C9H12FNO4S2. The van der Waals surface area contributed by atoms with Crippen molar-refractivity contribution in [2.45, 2.75) is 15.9 Å². The summed E-state index contributed by atoms with van der Waals surface area (Å²) in [5.74, 6) is -0.617. The van der Waals surface area contributed by atoms with Crippen LogP contribution in [-0.2, 0) is 10.0 Å². The second-order valence-corrected chi connectivity index (χ2v) is 5.91. The van der Waals surface area contributed by atoms with Crippen LogP contribution in [0, 0.1) is 5.82 Å². The Balaban J connectivity index is 2.84. The van der Waals surface area contributed by atoms with Crippen molar-refractivity contribution in [3.8, 4) is 0 Å². The number of thioether (sulfide) groups is 1. The molecule has 0 saturated heterocycles. The molecule has 0 aromatic heterocycles. The van der Waals surface area contributed by atoms with Gasteiger partial charge in [0, 0.05) is 10.6 Å². The molecule has 4 N–H and O–H groups in total. The van der Waals surface area contributed by atoms with Gasteiger partial charge >= 0.3 is 0 Å². The summed E-state index contributed by atoms with van der Waals surface area (Å²) in [7, 11) is -3.92. The Morgan fingerprint density at radius 2 is 2.12 bits per heavy atom. The second kappa shape index (κ2) is 5.78. The first-order valence-electron chi connectivity index (χ1n) is 4.58. The first kappa shape index (κ1) is 14.4. The molecule has 96 valence electrons. The molecule has 0 bridgehead atoms. The van der Waals surface area contributed by atoms with Gasteiger partial charge in [-0.3, -0.25) is 0 Å². The topological polar surface area (TPSA) is 101 Å². The Labute approximate surface area is 103 Å². The summed E-state index contributed by atoms with van der Waals surface area (Å²) in [4.78, 5) is -0.119. The molecular weight excluding hydrogens is 269 g/mol. The highest BCUT2D eigenvalue weighted by atomic mass is 32.2. The van der Waals surface area contributed by atoms with Gasteiger partial charge in [-0.15, -0.1) is 11.8 Å². The number of halogens is 1. The quantitative estimate of drug-likeness (QED) is 0.655. The smallest absolute Gasteiger partial charge is 0.238 e. The zero-order valence-corrected chi connectivity index (χ0v) is 10.3. The van der Waals surface area contributed by atoms with E-state index in [0.29, 0.717) is 0 Å². The molecule has 17 heavy (non-hydrogen) atoms. The lowest BCUT2D eigenvalue weighted by atomic mass is 10.3. The summed E-state index contributed by atoms with van der Waals surface area (Å²) in [6.07, 6.45) is -0.947. The van der Waals surface area contributed by atoms with Crippen LogP contribution < -0.4 is 5.14 Å². The van der Waals surface area contributed by atoms with E-state index >= 15 is 0 Å². The van der Waals surface area contributed by atoms with Gasteiger partial charge in [0.05, 0.1) is 17.6 Å². The van der Waals surface area contributed by atoms with Gasteiger partial charge in [-0.1, -0.05) is 0 Å². The van der Waals surface area contributed by atoms with Crippen molar-refractivity contribution in [1.29, 1.82) is 0 Å². The van der Waals surface area contributed by atoms with E-state index in [1.165, 1.54) is 12.1 Å². The van der Waals surface area contributed by atoms with Gasteiger partial charge < -0.3 is 10.2 Å². The average molecular weight is 281 g/mol. The highest BCUT2D eigenvalue weighted by molar-refractivity contribution is 7.99. The van der Waals surface area contributed by atoms with Gasteiger partial charge in [-0.2, -0.15) is 0 Å². The van der Waals surface area contributed by atoms with Crippen molar-refractivity contribution in [3.63, 3.8) is 0 Å². The number of hydrogen-bond acceptors (Lipinski definition) is 5. The van der Waals surface area contributed by atoms with Gasteiger partial charge in [0.1, 0.15) is 5.82 Å². The average Bonchev–Trinajstić information content (AvgIpc) is 2.25. The van der Waals surface area contributed by atoms with Crippen LogP contribution in [0.3, 0.4) is 0 Å². The molecule has 8 heteroatoms. The van der Waals surface area contributed by atoms with Gasteiger partial charge in [-0.05, 0) is 18.2 Å². The molecule has 1 aromatic carbocycles. The zero-order valence-electron chi connectivity index (χ0n) is 8.71. The minimum absolute atomic E-state index is 0.113. The Kier molecular flexibility index (Phi) is 4.90. The molecule has 1 aromatic rings. The van der Waals surface area contributed by atoms with Crippen LogP contribution in [-0.4, -0.2) is 37.1 Å². The molecule has 0 aliphatic heterocycles. The number of aliphatic hydroxyl groups excluding tert-OH is 2. The number of rotatable bonds is 5. The number of hydrogen-bond donors (Lipinski definition) is 3. The van der Waals surface area contributed by atoms with Gasteiger partial charge in [0.15, 0.2) is 0 Å². The van der Waals surface area contributed by atoms with E-state index < -0.39 is 28.6 Å². The molecule has 0 fully saturated rings. The summed E-state index contributed by atoms with van der Waals surface area (Å²) < 4.78 is 35.3. The Morgan fingerprint density at radius 1 is 1.47 bits per heavy atom. The highest BCUT2D eigenvalue weighted by Crippen LogP contribution is 2.24. The lowest BCUT2D eigenvalue weighted by Crippen LogP contribution is -2.15. The van der Waals surface area contributed by atoms with Crippen molar-refractivity contribution >= 4 is 21.8 Å². The van der Waals surface area contributed by atoms with Crippen LogP contribution in [0.15, 0.2) is 28.0 Å². The number of primary sulfonamides is 1. The van der Waals surface area contributed by atoms with E-state index in [1.807, 2.05) is 0 Å². The molecule has 5 nitrogen and oxygen atoms in total. The minimum atomic E-state index is -3.92. The standard InChI is InChI=1S/C9H12FNO4S2/c10-8-3-7(17(11,14)15)1-2-9(8)16-5-6(13)4-12/h1-3,6,12-13H,4-5H2,(H2,11,14,15). The van der Waals surface area contributed by atoms with Crippen LogP contribution in [0.2, 0.25) is 0 Å². The summed E-state index contributed by atoms with van der Waals surface area (Å²) in [5, 5.41) is 22.5. The maximum absolute atomic E-state index is 13.4. The predicted octanol–water partition coefficient (Wildman–Crippen LogP) is -0.0816. The van der Waals surface area contributed by atoms with Crippen LogP contribution in [0.5, 0.6) is 0 Å². The predicted molar refractivity (Wildman–Crippen MR) is 61.6 cm³/mol. The van der Waals surface area contributed by atoms with E-state index in [9.17, 15) is 12.8 Å². The van der Waals surface area contributed by atoms with Crippen LogP contribution in [0.1, 0.15) is 0 Å². The minimum Gasteiger partial charge on any atom is -0.394 e. The lowest BCUT2D eigenvalue weighted by molar-refractivity contribution is 0.113. The normalized spacial score (nSPS) is 13.6. The van der Waals surface area contributed by atoms with Crippen molar-refractivity contribution in [3.05, 3.63) is 24.0 Å². The Hall–Kier alpha value is -0.670. The van der Waals surface area contributed by atoms with Crippen molar-refractivity contribution < 1.29 is 23.0 Å². The lowest BCUT2D eigenvalue weighted by Gasteiger charge is -2.08. The van der Waals surface area contributed by atoms with Crippen molar-refractivity contribution in [2.75, 3.05) is 12.4 Å². The monoisotopic (exact) mass is 281 g/mol. The number of nitrogens with two attached hydrogens (primary N) is 1. The molecule has 0 spiro atoms. The largest absolute Gasteiger partial charge is 0.394 e. The molecule has 0 aliphatic carbocycles. The molecule has 0 aliphatic rings. The number of aliphatic hydroxyl groups is 2. The summed E-state index contributed by atoms with van der Waals surface area (Å²) >= 11 is 0.978. The molecule has 0 amide bonds. The Bertz CT molecular complexity index is 492. The van der Waals surface area contributed by atoms with Crippen molar-refractivity contribution in [2.24, 2.45) is 5.14 Å². The number of benzene rings is 1. The van der Waals surface area contributed by atoms with Crippen molar-refractivity contribution in [1.82, 2.24) is 0 Å². The summed E-state index contributed by atoms with van der Waals surface area (Å²) in [6.45, 7) is -0.413. The van der Waals surface area contributed by atoms with E-state index in [4.69, 9.17) is 15.4 Å². The third kappa shape index (κ3) is 4.25. The first-order valence-corrected chi connectivity index (χ1v) is 7.12. The Morgan fingerprint density at radius 3 is 2.59 bits per heavy atom. The molecule has 1 unspecified atom stereocenters. The molecule has 1 rings (SSSR count). The molecule has 0 heterocycles. The van der Waals surface area contributed by atoms with E-state index in [0.717, 1.165) is 17.8 Å².